The highest BCUT2D eigenvalue weighted by Crippen LogP contribution is 2.41. The van der Waals surface area contributed by atoms with Crippen LogP contribution in [0.1, 0.15) is 28.3 Å². The van der Waals surface area contributed by atoms with Gasteiger partial charge in [-0.3, -0.25) is 9.59 Å². The van der Waals surface area contributed by atoms with Crippen molar-refractivity contribution in [2.75, 3.05) is 34.3 Å². The summed E-state index contributed by atoms with van der Waals surface area (Å²) in [4.78, 5) is 29.5. The number of hydrogen-bond donors (Lipinski definition) is 1. The van der Waals surface area contributed by atoms with Crippen LogP contribution in [0.4, 0.5) is 0 Å². The number of hydrogen-bond acceptors (Lipinski definition) is 5. The van der Waals surface area contributed by atoms with E-state index in [9.17, 15) is 14.7 Å². The van der Waals surface area contributed by atoms with E-state index in [-0.39, 0.29) is 11.3 Å². The van der Waals surface area contributed by atoms with Crippen LogP contribution in [0.25, 0.3) is 5.76 Å². The summed E-state index contributed by atoms with van der Waals surface area (Å²) < 4.78 is 5.24. The molecule has 3 rings (SSSR count). The second-order valence-corrected chi connectivity index (χ2v) is 7.83. The summed E-state index contributed by atoms with van der Waals surface area (Å²) in [5.41, 5.74) is 3.19. The van der Waals surface area contributed by atoms with Crippen molar-refractivity contribution < 1.29 is 19.4 Å². The quantitative estimate of drug-likeness (QED) is 0.451. The minimum Gasteiger partial charge on any atom is -0.507 e. The Kier molecular flexibility index (Phi) is 6.27. The van der Waals surface area contributed by atoms with Crippen LogP contribution in [0, 0.1) is 13.8 Å². The van der Waals surface area contributed by atoms with Crippen molar-refractivity contribution in [3.8, 4) is 5.75 Å². The van der Waals surface area contributed by atoms with E-state index in [1.807, 2.05) is 57.1 Å². The van der Waals surface area contributed by atoms with Gasteiger partial charge in [-0.1, -0.05) is 24.3 Å². The lowest BCUT2D eigenvalue weighted by molar-refractivity contribution is -0.140. The molecule has 0 aromatic heterocycles. The number of likely N-dealkylation sites (N-methyl/N-ethyl adjacent to an activating group) is 1. The van der Waals surface area contributed by atoms with Crippen LogP contribution in [0.15, 0.2) is 48.0 Å². The number of aryl methyl sites for hydroxylation is 2. The molecule has 1 saturated heterocycles. The molecule has 0 spiro atoms. The average Bonchev–Trinajstić information content (AvgIpc) is 2.96. The molecule has 0 saturated carbocycles. The Morgan fingerprint density at radius 3 is 2.40 bits per heavy atom. The van der Waals surface area contributed by atoms with Crippen molar-refractivity contribution in [2.24, 2.45) is 0 Å². The molecule has 1 amide bonds. The normalized spacial score (nSPS) is 18.3. The molecule has 1 heterocycles. The van der Waals surface area contributed by atoms with E-state index in [1.54, 1.807) is 30.2 Å². The van der Waals surface area contributed by atoms with Gasteiger partial charge in [0.15, 0.2) is 0 Å². The molecule has 30 heavy (non-hydrogen) atoms. The van der Waals surface area contributed by atoms with Crippen LogP contribution in [-0.4, -0.2) is 60.9 Å². The summed E-state index contributed by atoms with van der Waals surface area (Å²) in [6, 6.07) is 12.2. The molecule has 2 aromatic rings. The first-order valence-corrected chi connectivity index (χ1v) is 9.90. The number of amides is 1. The van der Waals surface area contributed by atoms with Crippen molar-refractivity contribution in [1.29, 1.82) is 0 Å². The van der Waals surface area contributed by atoms with Gasteiger partial charge in [0, 0.05) is 18.7 Å². The summed E-state index contributed by atoms with van der Waals surface area (Å²) in [7, 11) is 5.41. The first kappa shape index (κ1) is 21.6. The lowest BCUT2D eigenvalue weighted by atomic mass is 9.91. The Bertz CT molecular complexity index is 1010. The van der Waals surface area contributed by atoms with E-state index in [1.165, 1.54) is 0 Å². The third-order valence-corrected chi connectivity index (χ3v) is 5.50. The van der Waals surface area contributed by atoms with E-state index < -0.39 is 17.7 Å². The summed E-state index contributed by atoms with van der Waals surface area (Å²) in [6.07, 6.45) is 0. The van der Waals surface area contributed by atoms with Crippen molar-refractivity contribution in [1.82, 2.24) is 9.80 Å². The molecule has 158 valence electrons. The fraction of sp³-hybridized carbons (Fsp3) is 0.333. The highest BCUT2D eigenvalue weighted by Gasteiger charge is 2.46. The number of aliphatic hydroxyl groups is 1. The molecular weight excluding hydrogens is 380 g/mol. The minimum atomic E-state index is -0.658. The fourth-order valence-corrected chi connectivity index (χ4v) is 3.81. The number of aliphatic hydroxyl groups excluding tert-OH is 1. The maximum Gasteiger partial charge on any atom is 0.295 e. The summed E-state index contributed by atoms with van der Waals surface area (Å²) in [6.45, 7) is 4.77. The van der Waals surface area contributed by atoms with Gasteiger partial charge in [-0.2, -0.15) is 0 Å². The summed E-state index contributed by atoms with van der Waals surface area (Å²) >= 11 is 0. The SMILES string of the molecule is COc1ccc(/C(O)=C2\C(=O)C(=O)N(CCN(C)C)C2c2ccccc2C)c(C)c1. The van der Waals surface area contributed by atoms with Crippen LogP contribution in [0.5, 0.6) is 5.75 Å². The van der Waals surface area contributed by atoms with Gasteiger partial charge in [0.1, 0.15) is 11.5 Å². The number of carbonyl (C=O) groups is 2. The Labute approximate surface area is 177 Å². The van der Waals surface area contributed by atoms with Gasteiger partial charge in [0.2, 0.25) is 0 Å². The molecule has 6 heteroatoms. The van der Waals surface area contributed by atoms with Gasteiger partial charge in [0.25, 0.3) is 11.7 Å². The molecule has 6 nitrogen and oxygen atoms in total. The van der Waals surface area contributed by atoms with Gasteiger partial charge in [0.05, 0.1) is 18.7 Å². The maximum atomic E-state index is 13.1. The van der Waals surface area contributed by atoms with Crippen molar-refractivity contribution >= 4 is 17.4 Å². The minimum absolute atomic E-state index is 0.126. The van der Waals surface area contributed by atoms with E-state index >= 15 is 0 Å². The Morgan fingerprint density at radius 1 is 1.10 bits per heavy atom. The fourth-order valence-electron chi connectivity index (χ4n) is 3.81. The van der Waals surface area contributed by atoms with Crippen LogP contribution in [0.2, 0.25) is 0 Å². The predicted octanol–water partition coefficient (Wildman–Crippen LogP) is 3.30. The molecule has 1 aliphatic rings. The molecule has 1 aliphatic heterocycles. The van der Waals surface area contributed by atoms with E-state index in [2.05, 4.69) is 0 Å². The second-order valence-electron chi connectivity index (χ2n) is 7.83. The number of Topliss-reactive ketones (excluding diaryl/α,β-unsaturated/α-hetero) is 1. The van der Waals surface area contributed by atoms with Crippen LogP contribution >= 0.6 is 0 Å². The van der Waals surface area contributed by atoms with Gasteiger partial charge >= 0.3 is 0 Å². The number of benzene rings is 2. The summed E-state index contributed by atoms with van der Waals surface area (Å²) in [5.74, 6) is -0.743. The number of likely N-dealkylation sites (tertiary alicyclic amines) is 1. The lowest BCUT2D eigenvalue weighted by Gasteiger charge is -2.27. The molecule has 0 bridgehead atoms. The molecule has 1 atom stereocenters. The molecule has 1 N–H and O–H groups in total. The van der Waals surface area contributed by atoms with Crippen LogP contribution < -0.4 is 4.74 Å². The Balaban J connectivity index is 2.19. The predicted molar refractivity (Wildman–Crippen MR) is 116 cm³/mol. The average molecular weight is 408 g/mol. The molecule has 2 aromatic carbocycles. The standard InChI is InChI=1S/C24H28N2O4/c1-15-8-6-7-9-18(15)21-20(23(28)24(29)26(21)13-12-25(3)4)22(27)19-11-10-17(30-5)14-16(19)2/h6-11,14,21,27H,12-13H2,1-5H3/b22-20+. The smallest absolute Gasteiger partial charge is 0.295 e. The van der Waals surface area contributed by atoms with Gasteiger partial charge in [-0.05, 0) is 62.8 Å². The number of methoxy groups -OCH3 is 1. The monoisotopic (exact) mass is 408 g/mol. The number of nitrogens with zero attached hydrogens (tertiary/aromatic N) is 2. The zero-order chi connectivity index (χ0) is 22.0. The molecule has 0 radical (unpaired) electrons. The van der Waals surface area contributed by atoms with Crippen LogP contribution in [-0.2, 0) is 9.59 Å². The van der Waals surface area contributed by atoms with Crippen molar-refractivity contribution in [2.45, 2.75) is 19.9 Å². The first-order chi connectivity index (χ1) is 14.3. The molecular formula is C24H28N2O4. The highest BCUT2D eigenvalue weighted by molar-refractivity contribution is 6.46. The van der Waals surface area contributed by atoms with Gasteiger partial charge in [-0.25, -0.2) is 0 Å². The largest absolute Gasteiger partial charge is 0.507 e. The topological polar surface area (TPSA) is 70.1 Å². The lowest BCUT2D eigenvalue weighted by Crippen LogP contribution is -2.35. The Hall–Kier alpha value is -3.12. The molecule has 0 aliphatic carbocycles. The number of rotatable bonds is 6. The number of ether oxygens (including phenoxy) is 1. The number of ketones is 1. The van der Waals surface area contributed by atoms with Crippen LogP contribution in [0.3, 0.4) is 0 Å². The van der Waals surface area contributed by atoms with E-state index in [4.69, 9.17) is 4.74 Å². The first-order valence-electron chi connectivity index (χ1n) is 9.90. The van der Waals surface area contributed by atoms with Crippen molar-refractivity contribution in [3.63, 3.8) is 0 Å². The zero-order valence-electron chi connectivity index (χ0n) is 18.1. The highest BCUT2D eigenvalue weighted by atomic mass is 16.5. The Morgan fingerprint density at radius 2 is 1.80 bits per heavy atom. The zero-order valence-corrected chi connectivity index (χ0v) is 18.1. The van der Waals surface area contributed by atoms with Crippen molar-refractivity contribution in [3.05, 3.63) is 70.3 Å². The maximum absolute atomic E-state index is 13.1. The van der Waals surface area contributed by atoms with E-state index in [0.717, 1.165) is 16.7 Å². The van der Waals surface area contributed by atoms with Gasteiger partial charge < -0.3 is 19.6 Å². The number of carbonyl (C=O) groups excluding carboxylic acids is 2. The third-order valence-electron chi connectivity index (χ3n) is 5.50. The molecule has 1 unspecified atom stereocenters. The van der Waals surface area contributed by atoms with Gasteiger partial charge in [-0.15, -0.1) is 0 Å². The molecule has 1 fully saturated rings. The third kappa shape index (κ3) is 3.96. The summed E-state index contributed by atoms with van der Waals surface area (Å²) in [5, 5.41) is 11.2. The van der Waals surface area contributed by atoms with E-state index in [0.29, 0.717) is 24.4 Å². The second kappa shape index (κ2) is 8.71.